The van der Waals surface area contributed by atoms with E-state index >= 15 is 0 Å². The molecule has 2 aromatic rings. The van der Waals surface area contributed by atoms with Crippen LogP contribution >= 0.6 is 0 Å². The zero-order valence-corrected chi connectivity index (χ0v) is 9.77. The van der Waals surface area contributed by atoms with E-state index in [1.165, 1.54) is 11.8 Å². The van der Waals surface area contributed by atoms with Gasteiger partial charge in [0.25, 0.3) is 0 Å². The van der Waals surface area contributed by atoms with Gasteiger partial charge in [0.2, 0.25) is 0 Å². The molecule has 0 radical (unpaired) electrons. The fourth-order valence-electron chi connectivity index (χ4n) is 1.41. The molecule has 1 heterocycles. The molecule has 0 aliphatic heterocycles. The first-order chi connectivity index (χ1) is 8.20. The molecule has 0 saturated carbocycles. The number of carbonyl (C=O) groups excluding carboxylic acids is 1. The van der Waals surface area contributed by atoms with E-state index in [2.05, 4.69) is 4.98 Å². The minimum absolute atomic E-state index is 0.0116. The number of hydrogen-bond acceptors (Lipinski definition) is 4. The number of oxazole rings is 1. The van der Waals surface area contributed by atoms with Crippen LogP contribution in [-0.4, -0.2) is 17.6 Å². The Hall–Kier alpha value is -2.10. The molecule has 88 valence electrons. The summed E-state index contributed by atoms with van der Waals surface area (Å²) in [6.45, 7) is 4.05. The lowest BCUT2D eigenvalue weighted by atomic mass is 10.1. The molecular formula is C13H13NO3. The molecule has 0 unspecified atom stereocenters. The molecule has 0 aliphatic rings. The van der Waals surface area contributed by atoms with Gasteiger partial charge < -0.3 is 9.15 Å². The highest BCUT2D eigenvalue weighted by molar-refractivity contribution is 5.84. The van der Waals surface area contributed by atoms with Crippen LogP contribution in [0.1, 0.15) is 23.2 Å². The van der Waals surface area contributed by atoms with Crippen LogP contribution in [-0.2, 0) is 4.74 Å². The summed E-state index contributed by atoms with van der Waals surface area (Å²) in [5.74, 6) is 0.0151. The molecule has 4 heteroatoms. The largest absolute Gasteiger partial charge is 0.459 e. The Labute approximate surface area is 99.2 Å². The molecule has 0 bridgehead atoms. The molecule has 0 amide bonds. The predicted molar refractivity (Wildman–Crippen MR) is 62.6 cm³/mol. The fourth-order valence-corrected chi connectivity index (χ4v) is 1.41. The lowest BCUT2D eigenvalue weighted by Crippen LogP contribution is -2.04. The van der Waals surface area contributed by atoms with Gasteiger partial charge >= 0.3 is 11.9 Å². The number of rotatable bonds is 3. The minimum atomic E-state index is -0.536. The number of carbonyl (C=O) groups is 1. The first kappa shape index (κ1) is 11.4. The summed E-state index contributed by atoms with van der Waals surface area (Å²) < 4.78 is 10.1. The van der Waals surface area contributed by atoms with Crippen LogP contribution in [0.3, 0.4) is 0 Å². The highest BCUT2D eigenvalue weighted by Gasteiger charge is 2.14. The van der Waals surface area contributed by atoms with E-state index in [1.807, 2.05) is 31.2 Å². The third-order valence-electron chi connectivity index (χ3n) is 2.29. The lowest BCUT2D eigenvalue weighted by Gasteiger charge is -1.97. The summed E-state index contributed by atoms with van der Waals surface area (Å²) >= 11 is 0. The van der Waals surface area contributed by atoms with Crippen LogP contribution in [0.15, 0.2) is 34.9 Å². The predicted octanol–water partition coefficient (Wildman–Crippen LogP) is 2.83. The second-order valence-corrected chi connectivity index (χ2v) is 3.62. The van der Waals surface area contributed by atoms with Crippen molar-refractivity contribution >= 4 is 5.97 Å². The third kappa shape index (κ3) is 2.53. The van der Waals surface area contributed by atoms with Gasteiger partial charge in [0.15, 0.2) is 5.76 Å². The summed E-state index contributed by atoms with van der Waals surface area (Å²) in [5.41, 5.74) is 2.05. The standard InChI is InChI=1S/C13H13NO3/c1-3-16-13(15)12-14-8-11(17-12)10-6-4-9(2)5-7-10/h4-8H,3H2,1-2H3. The zero-order valence-electron chi connectivity index (χ0n) is 9.77. The highest BCUT2D eigenvalue weighted by Crippen LogP contribution is 2.20. The maximum absolute atomic E-state index is 11.4. The van der Waals surface area contributed by atoms with E-state index in [1.54, 1.807) is 6.92 Å². The summed E-state index contributed by atoms with van der Waals surface area (Å²) in [4.78, 5) is 15.3. The molecule has 0 saturated heterocycles. The van der Waals surface area contributed by atoms with Crippen molar-refractivity contribution in [1.29, 1.82) is 0 Å². The molecule has 17 heavy (non-hydrogen) atoms. The number of ether oxygens (including phenoxy) is 1. The summed E-state index contributed by atoms with van der Waals surface area (Å²) in [6, 6.07) is 7.79. The van der Waals surface area contributed by atoms with Crippen LogP contribution in [0.2, 0.25) is 0 Å². The van der Waals surface area contributed by atoms with Crippen molar-refractivity contribution < 1.29 is 13.9 Å². The van der Waals surface area contributed by atoms with E-state index in [-0.39, 0.29) is 5.89 Å². The first-order valence-electron chi connectivity index (χ1n) is 5.40. The molecule has 0 N–H and O–H groups in total. The Bertz CT molecular complexity index is 514. The van der Waals surface area contributed by atoms with Crippen LogP contribution in [0, 0.1) is 6.92 Å². The van der Waals surface area contributed by atoms with Gasteiger partial charge in [0.1, 0.15) is 0 Å². The lowest BCUT2D eigenvalue weighted by molar-refractivity contribution is 0.0482. The van der Waals surface area contributed by atoms with Gasteiger partial charge in [-0.25, -0.2) is 9.78 Å². The van der Waals surface area contributed by atoms with Crippen molar-refractivity contribution in [1.82, 2.24) is 4.98 Å². The number of hydrogen-bond donors (Lipinski definition) is 0. The monoisotopic (exact) mass is 231 g/mol. The molecule has 4 nitrogen and oxygen atoms in total. The van der Waals surface area contributed by atoms with Crippen LogP contribution in [0.4, 0.5) is 0 Å². The fraction of sp³-hybridized carbons (Fsp3) is 0.231. The van der Waals surface area contributed by atoms with Gasteiger partial charge in [-0.1, -0.05) is 29.8 Å². The van der Waals surface area contributed by atoms with Crippen molar-refractivity contribution in [3.05, 3.63) is 41.9 Å². The normalized spacial score (nSPS) is 10.2. The summed E-state index contributed by atoms with van der Waals surface area (Å²) in [7, 11) is 0. The minimum Gasteiger partial charge on any atom is -0.459 e. The average Bonchev–Trinajstić information content (AvgIpc) is 2.80. The quantitative estimate of drug-likeness (QED) is 0.762. The maximum Gasteiger partial charge on any atom is 0.394 e. The Balaban J connectivity index is 2.23. The molecule has 1 aromatic heterocycles. The van der Waals surface area contributed by atoms with E-state index in [0.29, 0.717) is 12.4 Å². The number of aryl methyl sites for hydroxylation is 1. The van der Waals surface area contributed by atoms with E-state index in [9.17, 15) is 4.79 Å². The van der Waals surface area contributed by atoms with Crippen LogP contribution in [0.5, 0.6) is 0 Å². The van der Waals surface area contributed by atoms with Gasteiger partial charge in [-0.2, -0.15) is 0 Å². The highest BCUT2D eigenvalue weighted by atomic mass is 16.5. The van der Waals surface area contributed by atoms with Gasteiger partial charge in [0, 0.05) is 5.56 Å². The Morgan fingerprint density at radius 3 is 2.71 bits per heavy atom. The van der Waals surface area contributed by atoms with E-state index in [0.717, 1.165) is 5.56 Å². The number of aromatic nitrogens is 1. The number of benzene rings is 1. The van der Waals surface area contributed by atoms with Crippen molar-refractivity contribution in [3.8, 4) is 11.3 Å². The van der Waals surface area contributed by atoms with Crippen molar-refractivity contribution in [3.63, 3.8) is 0 Å². The van der Waals surface area contributed by atoms with Gasteiger partial charge in [-0.15, -0.1) is 0 Å². The summed E-state index contributed by atoms with van der Waals surface area (Å²) in [5, 5.41) is 0. The number of nitrogens with zero attached hydrogens (tertiary/aromatic N) is 1. The zero-order chi connectivity index (χ0) is 12.3. The first-order valence-corrected chi connectivity index (χ1v) is 5.40. The second kappa shape index (κ2) is 4.82. The Morgan fingerprint density at radius 2 is 2.06 bits per heavy atom. The van der Waals surface area contributed by atoms with Crippen molar-refractivity contribution in [2.45, 2.75) is 13.8 Å². The average molecular weight is 231 g/mol. The molecular weight excluding hydrogens is 218 g/mol. The van der Waals surface area contributed by atoms with Gasteiger partial charge in [-0.05, 0) is 13.8 Å². The van der Waals surface area contributed by atoms with E-state index < -0.39 is 5.97 Å². The summed E-state index contributed by atoms with van der Waals surface area (Å²) in [6.07, 6.45) is 1.52. The SMILES string of the molecule is CCOC(=O)c1ncc(-c2ccc(C)cc2)o1. The van der Waals surface area contributed by atoms with Crippen molar-refractivity contribution in [2.75, 3.05) is 6.61 Å². The maximum atomic E-state index is 11.4. The molecule has 0 fully saturated rings. The molecule has 0 atom stereocenters. The third-order valence-corrected chi connectivity index (χ3v) is 2.29. The Kier molecular flexibility index (Phi) is 3.23. The topological polar surface area (TPSA) is 52.3 Å². The smallest absolute Gasteiger partial charge is 0.394 e. The number of esters is 1. The molecule has 2 rings (SSSR count). The van der Waals surface area contributed by atoms with E-state index in [4.69, 9.17) is 9.15 Å². The molecule has 0 aliphatic carbocycles. The van der Waals surface area contributed by atoms with Crippen LogP contribution in [0.25, 0.3) is 11.3 Å². The van der Waals surface area contributed by atoms with Gasteiger partial charge in [0.05, 0.1) is 12.8 Å². The molecule has 1 aromatic carbocycles. The molecule has 0 spiro atoms. The van der Waals surface area contributed by atoms with Crippen LogP contribution < -0.4 is 0 Å². The van der Waals surface area contributed by atoms with Crippen molar-refractivity contribution in [2.24, 2.45) is 0 Å². The second-order valence-electron chi connectivity index (χ2n) is 3.62. The Morgan fingerprint density at radius 1 is 1.35 bits per heavy atom. The van der Waals surface area contributed by atoms with Gasteiger partial charge in [-0.3, -0.25) is 0 Å².